The number of ketones is 5. The van der Waals surface area contributed by atoms with E-state index in [0.29, 0.717) is 0 Å². The van der Waals surface area contributed by atoms with E-state index in [1.54, 1.807) is 0 Å². The number of carbonyl (C=O) groups excluding carboxylic acids is 5. The normalized spacial score (nSPS) is 12.6. The molecule has 0 heterocycles. The van der Waals surface area contributed by atoms with Gasteiger partial charge in [-0.3, -0.25) is 24.0 Å². The van der Waals surface area contributed by atoms with Gasteiger partial charge in [0, 0.05) is 0 Å². The van der Waals surface area contributed by atoms with E-state index in [0.717, 1.165) is 18.2 Å². The van der Waals surface area contributed by atoms with Crippen LogP contribution >= 0.6 is 0 Å². The van der Waals surface area contributed by atoms with Crippen LogP contribution in [-0.2, 0) is 58.1 Å². The minimum atomic E-state index is -5.46. The summed E-state index contributed by atoms with van der Waals surface area (Å²) in [6.07, 6.45) is -20.7. The maximum Gasteiger partial charge on any atom is 3.00 e. The maximum absolute atomic E-state index is 11.3. The second-order valence-electron chi connectivity index (χ2n) is 7.83. The molecule has 10 nitrogen and oxygen atoms in total. The summed E-state index contributed by atoms with van der Waals surface area (Å²) in [6, 6.07) is 0. The van der Waals surface area contributed by atoms with Crippen LogP contribution in [0, 0.1) is 0 Å². The molecule has 0 amide bonds. The summed E-state index contributed by atoms with van der Waals surface area (Å²) in [5, 5.41) is 49.6. The molecule has 0 unspecified atom stereocenters. The first kappa shape index (κ1) is 60.6. The largest absolute Gasteiger partial charge is 3.00 e. The van der Waals surface area contributed by atoms with Crippen LogP contribution < -0.4 is 25.5 Å². The van der Waals surface area contributed by atoms with Gasteiger partial charge in [0.1, 0.15) is 0 Å². The molecule has 0 saturated carbocycles. The zero-order valence-electron chi connectivity index (χ0n) is 25.2. The first-order valence-corrected chi connectivity index (χ1v) is 11.2. The first-order chi connectivity index (χ1) is 20.5. The Labute approximate surface area is 290 Å². The van der Waals surface area contributed by atoms with Crippen LogP contribution in [-0.4, -0.2) is 53.6 Å². The molecule has 0 saturated heterocycles. The summed E-state index contributed by atoms with van der Waals surface area (Å²) < 4.78 is 136. The second-order valence-corrected chi connectivity index (χ2v) is 7.83. The molecule has 24 heteroatoms. The van der Waals surface area contributed by atoms with E-state index in [1.165, 1.54) is 41.5 Å². The molecule has 0 aliphatic carbocycles. The number of hydrogen-bond acceptors (Lipinski definition) is 10. The fraction of sp³-hybridized carbons (Fsp3) is 0.400. The van der Waals surface area contributed by atoms with E-state index >= 15 is 0 Å². The molecule has 0 aromatic rings. The Hall–Kier alpha value is -3.75. The Balaban J connectivity index is -0.0000000920. The van der Waals surface area contributed by atoms with Gasteiger partial charge in [0.15, 0.2) is 17.3 Å². The molecular weight excluding hydrogens is 799 g/mol. The molecule has 0 N–H and O–H groups in total. The fourth-order valence-electron chi connectivity index (χ4n) is 1.42. The Morgan fingerprint density at radius 1 is 0.388 bits per heavy atom. The van der Waals surface area contributed by atoms with Crippen molar-refractivity contribution in [2.24, 2.45) is 0 Å². The van der Waals surface area contributed by atoms with Crippen LogP contribution in [0.25, 0.3) is 0 Å². The van der Waals surface area contributed by atoms with Crippen molar-refractivity contribution in [1.29, 1.82) is 0 Å². The van der Waals surface area contributed by atoms with Crippen LogP contribution in [0.3, 0.4) is 0 Å². The molecule has 0 aliphatic rings. The van der Waals surface area contributed by atoms with Crippen molar-refractivity contribution < 1.29 is 136 Å². The maximum atomic E-state index is 11.3. The number of halogens is 12. The van der Waals surface area contributed by atoms with E-state index in [4.69, 9.17) is 0 Å². The molecular formula is C25H23F12FeMnO10. The summed E-state index contributed by atoms with van der Waals surface area (Å²) in [7, 11) is 0. The zero-order chi connectivity index (χ0) is 39.3. The van der Waals surface area contributed by atoms with Gasteiger partial charge < -0.3 is 25.5 Å². The van der Waals surface area contributed by atoms with Crippen molar-refractivity contribution in [3.8, 4) is 0 Å². The molecule has 0 bridgehead atoms. The number of allylic oxidation sites excluding steroid dienone is 10. The van der Waals surface area contributed by atoms with Crippen molar-refractivity contribution in [2.75, 3.05) is 0 Å². The monoisotopic (exact) mass is 822 g/mol. The van der Waals surface area contributed by atoms with E-state index in [2.05, 4.69) is 0 Å². The van der Waals surface area contributed by atoms with Crippen LogP contribution in [0.5, 0.6) is 0 Å². The zero-order valence-corrected chi connectivity index (χ0v) is 27.5. The molecule has 0 aromatic heterocycles. The van der Waals surface area contributed by atoms with Crippen LogP contribution in [0.1, 0.15) is 41.5 Å². The third-order valence-corrected chi connectivity index (χ3v) is 2.86. The Morgan fingerprint density at radius 2 is 0.551 bits per heavy atom. The Bertz CT molecular complexity index is 1100. The Kier molecular flexibility index (Phi) is 33.5. The summed E-state index contributed by atoms with van der Waals surface area (Å²) in [4.78, 5) is 49.6. The molecule has 0 spiro atoms. The summed E-state index contributed by atoms with van der Waals surface area (Å²) in [5.41, 5.74) is 0. The van der Waals surface area contributed by atoms with Crippen molar-refractivity contribution in [3.63, 3.8) is 0 Å². The van der Waals surface area contributed by atoms with Crippen molar-refractivity contribution >= 4 is 28.9 Å². The van der Waals surface area contributed by atoms with Crippen molar-refractivity contribution in [2.45, 2.75) is 66.2 Å². The molecule has 0 fully saturated rings. The number of alkyl halides is 12. The van der Waals surface area contributed by atoms with E-state index in [9.17, 15) is 102 Å². The first-order valence-electron chi connectivity index (χ1n) is 11.2. The second kappa shape index (κ2) is 27.1. The Morgan fingerprint density at radius 3 is 0.612 bits per heavy atom. The molecule has 2 radical (unpaired) electrons. The van der Waals surface area contributed by atoms with Gasteiger partial charge in [-0.1, -0.05) is 20.8 Å². The molecule has 282 valence electrons. The topological polar surface area (TPSA) is 201 Å². The molecule has 49 heavy (non-hydrogen) atoms. The van der Waals surface area contributed by atoms with Gasteiger partial charge in [-0.25, -0.2) is 0 Å². The summed E-state index contributed by atoms with van der Waals surface area (Å²) in [6.45, 7) is 8.09. The molecule has 0 aliphatic heterocycles. The number of rotatable bonds is 5. The van der Waals surface area contributed by atoms with Gasteiger partial charge in [0.05, 0.1) is 0 Å². The van der Waals surface area contributed by atoms with Crippen LogP contribution in [0.2, 0.25) is 0 Å². The minimum Gasteiger partial charge on any atom is -0.876 e. The average Bonchev–Trinajstić information content (AvgIpc) is 2.75. The summed E-state index contributed by atoms with van der Waals surface area (Å²) >= 11 is 0. The van der Waals surface area contributed by atoms with Crippen LogP contribution in [0.15, 0.2) is 59.2 Å². The molecule has 0 atom stereocenters. The van der Waals surface area contributed by atoms with Crippen molar-refractivity contribution in [1.82, 2.24) is 0 Å². The smallest absolute Gasteiger partial charge is 0.876 e. The van der Waals surface area contributed by atoms with Gasteiger partial charge >= 0.3 is 58.8 Å². The van der Waals surface area contributed by atoms with Gasteiger partial charge in [0.2, 0.25) is 0 Å². The standard InChI is InChI=1S/2C5H2F6O2.3C5H8O2.Fe.Mn/c2*6-4(7,8)2(12)1-3(13)5(9,10)11;3*1-4(6)3-5(2)7;;/h2*1,12H;3*3,6H,1-2H3;;/q;;;;;+3;+2/p-5/b2*2-1-;3*4-3-;;. The van der Waals surface area contributed by atoms with Gasteiger partial charge in [-0.2, -0.15) is 52.7 Å². The predicted molar refractivity (Wildman–Crippen MR) is 124 cm³/mol. The predicted octanol–water partition coefficient (Wildman–Crippen LogP) is 1.36. The number of carbonyl (C=O) groups is 5. The number of hydrogen-bond donors (Lipinski definition) is 0. The minimum absolute atomic E-state index is 0. The van der Waals surface area contributed by atoms with Crippen LogP contribution in [0.4, 0.5) is 52.7 Å². The third kappa shape index (κ3) is 48.8. The van der Waals surface area contributed by atoms with Gasteiger partial charge in [-0.05, 0) is 62.7 Å². The van der Waals surface area contributed by atoms with E-state index < -0.39 is 59.9 Å². The van der Waals surface area contributed by atoms with Gasteiger partial charge in [-0.15, -0.1) is 17.3 Å². The third-order valence-electron chi connectivity index (χ3n) is 2.86. The fourth-order valence-corrected chi connectivity index (χ4v) is 1.42. The van der Waals surface area contributed by atoms with E-state index in [-0.39, 0.29) is 68.8 Å². The SMILES string of the molecule is CC(=O)/C=C(/C)[O-].CC(=O)/C=C(/C)[O-].CC(=O)/C=C(/C)[O-].O=C(/C=C(\[O-])C(F)(F)F)C(F)(F)F.O=C(/C=C(\[O-])C(F)(F)F)C(F)(F)F.[Fe+3].[Mn+2]. The molecule has 0 rings (SSSR count). The quantitative estimate of drug-likeness (QED) is 0.169. The van der Waals surface area contributed by atoms with E-state index in [1.807, 2.05) is 0 Å². The van der Waals surface area contributed by atoms with Gasteiger partial charge in [0.25, 0.3) is 11.6 Å². The average molecular weight is 822 g/mol. The molecule has 0 aromatic carbocycles. The van der Waals surface area contributed by atoms with Crippen molar-refractivity contribution in [3.05, 3.63) is 59.2 Å². The summed E-state index contributed by atoms with van der Waals surface area (Å²) in [5.74, 6) is -12.4.